The highest BCUT2D eigenvalue weighted by atomic mass is 32.1. The summed E-state index contributed by atoms with van der Waals surface area (Å²) in [6.45, 7) is 2.75. The lowest BCUT2D eigenvalue weighted by Gasteiger charge is -2.31. The van der Waals surface area contributed by atoms with E-state index in [1.54, 1.807) is 35.6 Å². The number of anilines is 1. The summed E-state index contributed by atoms with van der Waals surface area (Å²) >= 11 is 1.64. The predicted octanol–water partition coefficient (Wildman–Crippen LogP) is 5.17. The molecule has 0 spiro atoms. The zero-order valence-electron chi connectivity index (χ0n) is 16.9. The molecular formula is C23H28FN3O2S. The largest absolute Gasteiger partial charge is 0.508 e. The molecule has 2 heterocycles. The molecule has 1 aromatic heterocycles. The maximum atomic E-state index is 13.0. The first kappa shape index (κ1) is 20.9. The number of hydrogen-bond donors (Lipinski definition) is 3. The number of halogens is 1. The van der Waals surface area contributed by atoms with Crippen molar-refractivity contribution in [1.82, 2.24) is 10.3 Å². The van der Waals surface area contributed by atoms with Crippen LogP contribution in [0, 0.1) is 11.7 Å². The van der Waals surface area contributed by atoms with E-state index in [1.807, 2.05) is 6.07 Å². The molecule has 0 saturated carbocycles. The van der Waals surface area contributed by atoms with Crippen LogP contribution in [0.15, 0.2) is 42.5 Å². The minimum Gasteiger partial charge on any atom is -0.508 e. The minimum atomic E-state index is -0.247. The summed E-state index contributed by atoms with van der Waals surface area (Å²) in [6, 6.07) is 11.9. The number of fused-ring (bicyclic) bond motifs is 1. The monoisotopic (exact) mass is 429 g/mol. The molecule has 0 bridgehead atoms. The van der Waals surface area contributed by atoms with Gasteiger partial charge in [-0.2, -0.15) is 0 Å². The quantitative estimate of drug-likeness (QED) is 0.410. The van der Waals surface area contributed by atoms with Crippen LogP contribution >= 0.6 is 11.3 Å². The van der Waals surface area contributed by atoms with Crippen LogP contribution in [0.2, 0.25) is 0 Å². The van der Waals surface area contributed by atoms with Crippen molar-refractivity contribution < 1.29 is 14.2 Å². The molecule has 1 atom stereocenters. The van der Waals surface area contributed by atoms with Gasteiger partial charge in [0.2, 0.25) is 0 Å². The molecule has 5 nitrogen and oxygen atoms in total. The van der Waals surface area contributed by atoms with E-state index in [2.05, 4.69) is 15.6 Å². The second kappa shape index (κ2) is 10.1. The van der Waals surface area contributed by atoms with Gasteiger partial charge in [0.15, 0.2) is 5.13 Å². The fourth-order valence-electron chi connectivity index (χ4n) is 4.00. The first-order valence-corrected chi connectivity index (χ1v) is 11.4. The molecule has 7 heteroatoms. The summed E-state index contributed by atoms with van der Waals surface area (Å²) in [4.78, 5) is 4.68. The van der Waals surface area contributed by atoms with Gasteiger partial charge < -0.3 is 20.5 Å². The highest BCUT2D eigenvalue weighted by Gasteiger charge is 2.24. The summed E-state index contributed by atoms with van der Waals surface area (Å²) in [7, 11) is 0. The van der Waals surface area contributed by atoms with Crippen molar-refractivity contribution in [2.24, 2.45) is 5.92 Å². The summed E-state index contributed by atoms with van der Waals surface area (Å²) in [5, 5.41) is 17.7. The van der Waals surface area contributed by atoms with Crippen LogP contribution in [-0.2, 0) is 0 Å². The van der Waals surface area contributed by atoms with E-state index in [4.69, 9.17) is 4.74 Å². The molecule has 2 aromatic carbocycles. The lowest BCUT2D eigenvalue weighted by Crippen LogP contribution is -2.37. The maximum Gasteiger partial charge on any atom is 0.184 e. The van der Waals surface area contributed by atoms with Gasteiger partial charge in [-0.3, -0.25) is 0 Å². The van der Waals surface area contributed by atoms with Gasteiger partial charge in [0.25, 0.3) is 0 Å². The second-order valence-electron chi connectivity index (χ2n) is 7.81. The zero-order chi connectivity index (χ0) is 20.8. The predicted molar refractivity (Wildman–Crippen MR) is 120 cm³/mol. The third-order valence-corrected chi connectivity index (χ3v) is 6.59. The van der Waals surface area contributed by atoms with E-state index in [0.29, 0.717) is 24.3 Å². The number of aromatic hydroxyl groups is 1. The van der Waals surface area contributed by atoms with Crippen LogP contribution in [0.5, 0.6) is 11.5 Å². The lowest BCUT2D eigenvalue weighted by atomic mass is 9.87. The topological polar surface area (TPSA) is 66.4 Å². The molecule has 1 saturated heterocycles. The Bertz CT molecular complexity index is 941. The highest BCUT2D eigenvalue weighted by Crippen LogP contribution is 2.31. The van der Waals surface area contributed by atoms with Gasteiger partial charge in [-0.1, -0.05) is 11.3 Å². The molecule has 3 N–H and O–H groups in total. The number of thiazole rings is 1. The van der Waals surface area contributed by atoms with Crippen molar-refractivity contribution >= 4 is 26.7 Å². The van der Waals surface area contributed by atoms with Crippen molar-refractivity contribution in [3.8, 4) is 11.5 Å². The fraction of sp³-hybridized carbons (Fsp3) is 0.435. The second-order valence-corrected chi connectivity index (χ2v) is 8.84. The third kappa shape index (κ3) is 5.61. The summed E-state index contributed by atoms with van der Waals surface area (Å²) < 4.78 is 19.8. The Morgan fingerprint density at radius 2 is 1.97 bits per heavy atom. The summed E-state index contributed by atoms with van der Waals surface area (Å²) in [5.41, 5.74) is 0.833. The Hall–Kier alpha value is -2.38. The summed E-state index contributed by atoms with van der Waals surface area (Å²) in [6.07, 6.45) is 5.38. The molecule has 4 rings (SSSR count). The van der Waals surface area contributed by atoms with Gasteiger partial charge in [-0.05, 0) is 87.5 Å². The molecule has 0 aliphatic carbocycles. The first-order chi connectivity index (χ1) is 14.7. The van der Waals surface area contributed by atoms with Gasteiger partial charge in [-0.15, -0.1) is 0 Å². The molecule has 0 radical (unpaired) electrons. The number of benzene rings is 2. The normalized spacial score (nSPS) is 15.9. The van der Waals surface area contributed by atoms with Crippen molar-refractivity contribution in [1.29, 1.82) is 0 Å². The van der Waals surface area contributed by atoms with Crippen LogP contribution < -0.4 is 15.4 Å². The Kier molecular flexibility index (Phi) is 7.02. The number of ether oxygens (including phenoxy) is 1. The number of phenolic OH excluding ortho intramolecular Hbond substituents is 1. The molecule has 0 amide bonds. The lowest BCUT2D eigenvalue weighted by molar-refractivity contribution is 0.286. The number of rotatable bonds is 9. The van der Waals surface area contributed by atoms with Crippen LogP contribution in [0.3, 0.4) is 0 Å². The Labute approximate surface area is 180 Å². The maximum absolute atomic E-state index is 13.0. The Morgan fingerprint density at radius 1 is 1.17 bits per heavy atom. The van der Waals surface area contributed by atoms with Crippen LogP contribution in [0.4, 0.5) is 9.52 Å². The number of unbranched alkanes of at least 4 members (excludes halogenated alkanes) is 1. The standard InChI is InChI=1S/C23H28FN3O2S/c24-17-4-7-19(8-5-17)29-14-2-1-3-20(16-10-12-25-13-11-16)26-23-27-21-15-18(28)6-9-22(21)30-23/h4-9,15-16,20,25,28H,1-3,10-14H2,(H,26,27). The van der Waals surface area contributed by atoms with Gasteiger partial charge in [0.05, 0.1) is 16.8 Å². The van der Waals surface area contributed by atoms with Gasteiger partial charge in [-0.25, -0.2) is 9.37 Å². The van der Waals surface area contributed by atoms with Crippen LogP contribution in [0.25, 0.3) is 10.2 Å². The molecule has 3 aromatic rings. The van der Waals surface area contributed by atoms with E-state index in [1.165, 1.54) is 12.1 Å². The fourth-order valence-corrected chi connectivity index (χ4v) is 4.90. The smallest absolute Gasteiger partial charge is 0.184 e. The molecule has 1 aliphatic heterocycles. The summed E-state index contributed by atoms with van der Waals surface area (Å²) in [5.74, 6) is 1.32. The third-order valence-electron chi connectivity index (χ3n) is 5.62. The minimum absolute atomic E-state index is 0.246. The molecule has 1 unspecified atom stereocenters. The number of nitrogens with one attached hydrogen (secondary N) is 2. The average molecular weight is 430 g/mol. The number of nitrogens with zero attached hydrogens (tertiary/aromatic N) is 1. The van der Waals surface area contributed by atoms with E-state index < -0.39 is 0 Å². The van der Waals surface area contributed by atoms with Crippen LogP contribution in [0.1, 0.15) is 32.1 Å². The Morgan fingerprint density at radius 3 is 2.77 bits per heavy atom. The van der Waals surface area contributed by atoms with Gasteiger partial charge >= 0.3 is 0 Å². The number of aromatic nitrogens is 1. The number of phenols is 1. The van der Waals surface area contributed by atoms with Crippen molar-refractivity contribution in [2.45, 2.75) is 38.1 Å². The van der Waals surface area contributed by atoms with Crippen molar-refractivity contribution in [2.75, 3.05) is 25.0 Å². The number of hydrogen-bond acceptors (Lipinski definition) is 6. The Balaban J connectivity index is 1.32. The van der Waals surface area contributed by atoms with E-state index in [0.717, 1.165) is 60.5 Å². The molecule has 1 aliphatic rings. The number of piperidine rings is 1. The molecule has 1 fully saturated rings. The van der Waals surface area contributed by atoms with E-state index in [-0.39, 0.29) is 11.6 Å². The molecule has 30 heavy (non-hydrogen) atoms. The van der Waals surface area contributed by atoms with Crippen LogP contribution in [-0.4, -0.2) is 35.8 Å². The molecular weight excluding hydrogens is 401 g/mol. The first-order valence-electron chi connectivity index (χ1n) is 10.6. The average Bonchev–Trinajstić information content (AvgIpc) is 3.16. The van der Waals surface area contributed by atoms with Gasteiger partial charge in [0, 0.05) is 12.1 Å². The zero-order valence-corrected chi connectivity index (χ0v) is 17.8. The van der Waals surface area contributed by atoms with Crippen molar-refractivity contribution in [3.05, 3.63) is 48.3 Å². The highest BCUT2D eigenvalue weighted by molar-refractivity contribution is 7.22. The van der Waals surface area contributed by atoms with E-state index >= 15 is 0 Å². The van der Waals surface area contributed by atoms with Crippen molar-refractivity contribution in [3.63, 3.8) is 0 Å². The van der Waals surface area contributed by atoms with E-state index in [9.17, 15) is 9.50 Å². The molecule has 160 valence electrons. The SMILES string of the molecule is Oc1ccc2sc(NC(CCCCOc3ccc(F)cc3)C3CCNCC3)nc2c1. The van der Waals surface area contributed by atoms with Gasteiger partial charge in [0.1, 0.15) is 17.3 Å².